The lowest BCUT2D eigenvalue weighted by atomic mass is 9.97. The second-order valence-corrected chi connectivity index (χ2v) is 10.9. The van der Waals surface area contributed by atoms with Gasteiger partial charge in [0.1, 0.15) is 0 Å². The molecular formula is C37H27NS. The summed E-state index contributed by atoms with van der Waals surface area (Å²) in [6, 6.07) is 41.8. The highest BCUT2D eigenvalue weighted by Gasteiger charge is 2.14. The van der Waals surface area contributed by atoms with Gasteiger partial charge in [0, 0.05) is 26.0 Å². The molecule has 2 heterocycles. The molecule has 0 spiro atoms. The van der Waals surface area contributed by atoms with Gasteiger partial charge in [0.05, 0.1) is 11.0 Å². The van der Waals surface area contributed by atoms with Crippen LogP contribution in [0.1, 0.15) is 10.4 Å². The highest BCUT2D eigenvalue weighted by molar-refractivity contribution is 7.20. The van der Waals surface area contributed by atoms with E-state index in [0.29, 0.717) is 0 Å². The van der Waals surface area contributed by atoms with Crippen LogP contribution in [0.15, 0.2) is 134 Å². The van der Waals surface area contributed by atoms with Gasteiger partial charge in [-0.1, -0.05) is 104 Å². The average Bonchev–Trinajstić information content (AvgIpc) is 3.50. The van der Waals surface area contributed by atoms with Crippen LogP contribution in [0.25, 0.3) is 65.9 Å². The summed E-state index contributed by atoms with van der Waals surface area (Å²) in [6.07, 6.45) is 6.01. The van der Waals surface area contributed by atoms with E-state index in [-0.39, 0.29) is 0 Å². The lowest BCUT2D eigenvalue weighted by molar-refractivity contribution is 1.18. The minimum atomic E-state index is 1.17. The summed E-state index contributed by atoms with van der Waals surface area (Å²) in [7, 11) is 0. The first-order valence-electron chi connectivity index (χ1n) is 13.2. The summed E-state index contributed by atoms with van der Waals surface area (Å²) in [5, 5.41) is 3.88. The summed E-state index contributed by atoms with van der Waals surface area (Å²) in [5.74, 6) is 0. The fourth-order valence-corrected chi connectivity index (χ4v) is 6.95. The third-order valence-electron chi connectivity index (χ3n) is 7.58. The van der Waals surface area contributed by atoms with E-state index in [1.165, 1.54) is 70.3 Å². The van der Waals surface area contributed by atoms with Crippen molar-refractivity contribution in [3.63, 3.8) is 0 Å². The number of allylic oxidation sites excluding steroid dienone is 2. The molecule has 0 N–H and O–H groups in total. The van der Waals surface area contributed by atoms with E-state index in [4.69, 9.17) is 0 Å². The third kappa shape index (κ3) is 3.93. The first-order valence-corrected chi connectivity index (χ1v) is 14.1. The van der Waals surface area contributed by atoms with E-state index in [1.807, 2.05) is 23.5 Å². The largest absolute Gasteiger partial charge is 0.309 e. The van der Waals surface area contributed by atoms with Crippen molar-refractivity contribution in [2.75, 3.05) is 0 Å². The molecule has 1 nitrogen and oxygen atoms in total. The molecule has 2 aromatic heterocycles. The second-order valence-electron chi connectivity index (χ2n) is 9.87. The maximum absolute atomic E-state index is 3.83. The van der Waals surface area contributed by atoms with Crippen LogP contribution in [0.3, 0.4) is 0 Å². The number of hydrogen-bond donors (Lipinski definition) is 0. The average molecular weight is 518 g/mol. The highest BCUT2D eigenvalue weighted by atomic mass is 32.1. The Morgan fingerprint density at radius 2 is 1.26 bits per heavy atom. The smallest absolute Gasteiger partial charge is 0.0541 e. The first-order chi connectivity index (χ1) is 19.2. The van der Waals surface area contributed by atoms with Gasteiger partial charge in [0.15, 0.2) is 0 Å². The van der Waals surface area contributed by atoms with Crippen LogP contribution in [0.4, 0.5) is 0 Å². The van der Waals surface area contributed by atoms with Gasteiger partial charge in [-0.05, 0) is 76.5 Å². The monoisotopic (exact) mass is 517 g/mol. The number of aryl methyl sites for hydroxylation is 1. The molecule has 5 aromatic carbocycles. The molecule has 0 amide bonds. The van der Waals surface area contributed by atoms with Crippen LogP contribution < -0.4 is 0 Å². The van der Waals surface area contributed by atoms with Crippen LogP contribution in [0.2, 0.25) is 0 Å². The zero-order chi connectivity index (χ0) is 26.3. The summed E-state index contributed by atoms with van der Waals surface area (Å²) >= 11 is 1.85. The molecule has 0 atom stereocenters. The number of nitrogens with zero attached hydrogens (tertiary/aromatic N) is 1. The van der Waals surface area contributed by atoms with Crippen molar-refractivity contribution in [2.45, 2.75) is 6.92 Å². The fourth-order valence-electron chi connectivity index (χ4n) is 5.69. The predicted molar refractivity (Wildman–Crippen MR) is 171 cm³/mol. The van der Waals surface area contributed by atoms with Crippen LogP contribution in [-0.2, 0) is 0 Å². The Labute approximate surface area is 232 Å². The van der Waals surface area contributed by atoms with Gasteiger partial charge in [-0.2, -0.15) is 0 Å². The lowest BCUT2D eigenvalue weighted by Gasteiger charge is -2.11. The Morgan fingerprint density at radius 3 is 2.00 bits per heavy atom. The van der Waals surface area contributed by atoms with Crippen molar-refractivity contribution in [1.82, 2.24) is 4.57 Å². The van der Waals surface area contributed by atoms with Gasteiger partial charge in [0.25, 0.3) is 0 Å². The van der Waals surface area contributed by atoms with E-state index in [2.05, 4.69) is 139 Å². The van der Waals surface area contributed by atoms with Crippen LogP contribution in [0.5, 0.6) is 0 Å². The van der Waals surface area contributed by atoms with Gasteiger partial charge >= 0.3 is 0 Å². The molecule has 0 saturated carbocycles. The Bertz CT molecular complexity index is 2000. The maximum atomic E-state index is 3.83. The van der Waals surface area contributed by atoms with Gasteiger partial charge < -0.3 is 4.57 Å². The third-order valence-corrected chi connectivity index (χ3v) is 8.88. The molecule has 7 aromatic rings. The number of aromatic nitrogens is 1. The van der Waals surface area contributed by atoms with Gasteiger partial charge in [-0.15, -0.1) is 11.3 Å². The predicted octanol–water partition coefficient (Wildman–Crippen LogP) is 10.8. The number of rotatable bonds is 5. The molecule has 0 saturated heterocycles. The molecule has 7 rings (SSSR count). The molecule has 0 radical (unpaired) electrons. The van der Waals surface area contributed by atoms with Gasteiger partial charge in [-0.25, -0.2) is 0 Å². The van der Waals surface area contributed by atoms with Gasteiger partial charge in [-0.3, -0.25) is 0 Å². The van der Waals surface area contributed by atoms with E-state index in [9.17, 15) is 0 Å². The Morgan fingerprint density at radius 1 is 0.641 bits per heavy atom. The van der Waals surface area contributed by atoms with Crippen molar-refractivity contribution < 1.29 is 0 Å². The highest BCUT2D eigenvalue weighted by Crippen LogP contribution is 2.40. The van der Waals surface area contributed by atoms with Crippen molar-refractivity contribution in [3.8, 4) is 27.9 Å². The Kier molecular flexibility index (Phi) is 5.76. The molecule has 0 aliphatic heterocycles. The molecule has 186 valence electrons. The standard InChI is InChI=1S/C37H27NS/c1-3-4-22-36-25(2)30-18-11-19-31(37(30)39-36)28-14-9-12-26(23-28)27-13-10-15-29(24-27)38-34-20-7-5-16-32(34)33-17-6-8-21-35(33)38/h3-24H,1H2,2H3/b22-4-. The minimum absolute atomic E-state index is 1.17. The number of benzene rings is 5. The summed E-state index contributed by atoms with van der Waals surface area (Å²) in [6.45, 7) is 6.04. The summed E-state index contributed by atoms with van der Waals surface area (Å²) < 4.78 is 3.71. The zero-order valence-electron chi connectivity index (χ0n) is 21.8. The summed E-state index contributed by atoms with van der Waals surface area (Å²) in [4.78, 5) is 1.28. The van der Waals surface area contributed by atoms with E-state index < -0.39 is 0 Å². The second kappa shape index (κ2) is 9.58. The maximum Gasteiger partial charge on any atom is 0.0541 e. The summed E-state index contributed by atoms with van der Waals surface area (Å²) in [5.41, 5.74) is 9.89. The quantitative estimate of drug-likeness (QED) is 0.200. The van der Waals surface area contributed by atoms with Crippen molar-refractivity contribution in [3.05, 3.63) is 144 Å². The molecule has 0 bridgehead atoms. The number of para-hydroxylation sites is 2. The van der Waals surface area contributed by atoms with Gasteiger partial charge in [0.2, 0.25) is 0 Å². The topological polar surface area (TPSA) is 4.93 Å². The minimum Gasteiger partial charge on any atom is -0.309 e. The molecule has 39 heavy (non-hydrogen) atoms. The van der Waals surface area contributed by atoms with Crippen molar-refractivity contribution in [2.24, 2.45) is 0 Å². The van der Waals surface area contributed by atoms with Crippen molar-refractivity contribution >= 4 is 49.3 Å². The molecular weight excluding hydrogens is 490 g/mol. The molecule has 0 aliphatic rings. The lowest BCUT2D eigenvalue weighted by Crippen LogP contribution is -1.94. The number of hydrogen-bond acceptors (Lipinski definition) is 1. The molecule has 0 aliphatic carbocycles. The Hall–Kier alpha value is -4.66. The Balaban J connectivity index is 1.36. The SMILES string of the molecule is C=C/C=C\c1sc2c(-c3cccc(-c4cccc(-n5c6ccccc6c6ccccc65)c4)c3)cccc2c1C. The van der Waals surface area contributed by atoms with E-state index in [0.717, 1.165) is 0 Å². The van der Waals surface area contributed by atoms with Crippen LogP contribution in [-0.4, -0.2) is 4.57 Å². The first kappa shape index (κ1) is 23.5. The zero-order valence-corrected chi connectivity index (χ0v) is 22.6. The fraction of sp³-hybridized carbons (Fsp3) is 0.0270. The van der Waals surface area contributed by atoms with Crippen LogP contribution in [0, 0.1) is 6.92 Å². The molecule has 2 heteroatoms. The number of fused-ring (bicyclic) bond motifs is 4. The normalized spacial score (nSPS) is 11.7. The molecule has 0 unspecified atom stereocenters. The van der Waals surface area contributed by atoms with Crippen molar-refractivity contribution in [1.29, 1.82) is 0 Å². The van der Waals surface area contributed by atoms with Crippen LogP contribution >= 0.6 is 11.3 Å². The van der Waals surface area contributed by atoms with E-state index >= 15 is 0 Å². The van der Waals surface area contributed by atoms with E-state index in [1.54, 1.807) is 0 Å². The number of thiophene rings is 1. The molecule has 0 fully saturated rings.